The van der Waals surface area contributed by atoms with E-state index in [1.165, 1.54) is 4.90 Å². The van der Waals surface area contributed by atoms with Gasteiger partial charge in [0.1, 0.15) is 5.75 Å². The number of para-hydroxylation sites is 1. The molecule has 2 aromatic carbocycles. The molecule has 1 saturated heterocycles. The smallest absolute Gasteiger partial charge is 0.282 e. The van der Waals surface area contributed by atoms with Crippen LogP contribution in [0.5, 0.6) is 5.75 Å². The molecule has 0 unspecified atom stereocenters. The van der Waals surface area contributed by atoms with E-state index < -0.39 is 0 Å². The molecule has 0 saturated carbocycles. The van der Waals surface area contributed by atoms with E-state index >= 15 is 0 Å². The number of hydrogen-bond donors (Lipinski definition) is 2. The molecule has 2 N–H and O–H groups in total. The van der Waals surface area contributed by atoms with Crippen LogP contribution in [-0.2, 0) is 4.79 Å². The summed E-state index contributed by atoms with van der Waals surface area (Å²) in [4.78, 5) is 16.2. The Kier molecular flexibility index (Phi) is 6.01. The fraction of sp³-hybridized carbons (Fsp3) is 0.350. The van der Waals surface area contributed by atoms with Crippen LogP contribution in [0.25, 0.3) is 0 Å². The van der Waals surface area contributed by atoms with Crippen molar-refractivity contribution in [3.8, 4) is 5.75 Å². The highest BCUT2D eigenvalue weighted by molar-refractivity contribution is 6.33. The van der Waals surface area contributed by atoms with Crippen molar-refractivity contribution in [3.05, 3.63) is 53.6 Å². The third-order valence-electron chi connectivity index (χ3n) is 4.96. The number of carbonyl (C=O) groups excluding carboxylic acids is 1. The number of nitrogens with one attached hydrogen (secondary N) is 2. The van der Waals surface area contributed by atoms with Gasteiger partial charge < -0.3 is 19.9 Å². The number of anilines is 2. The van der Waals surface area contributed by atoms with E-state index in [4.69, 9.17) is 16.3 Å². The average molecular weight is 375 g/mol. The first-order chi connectivity index (χ1) is 12.6. The van der Waals surface area contributed by atoms with Crippen LogP contribution in [0.15, 0.2) is 48.5 Å². The molecule has 1 fully saturated rings. The van der Waals surface area contributed by atoms with E-state index in [0.717, 1.165) is 48.3 Å². The quantitative estimate of drug-likeness (QED) is 0.842. The number of methoxy groups -OCH3 is 1. The zero-order valence-corrected chi connectivity index (χ0v) is 15.9. The second-order valence-electron chi connectivity index (χ2n) is 6.54. The predicted octanol–water partition coefficient (Wildman–Crippen LogP) is 2.08. The maximum atomic E-state index is 12.6. The Bertz CT molecular complexity index is 743. The summed E-state index contributed by atoms with van der Waals surface area (Å²) in [5.74, 6) is 0.814. The van der Waals surface area contributed by atoms with E-state index in [-0.39, 0.29) is 11.9 Å². The Labute approximate surface area is 159 Å². The standard InChI is InChI=1S/C20H24ClN3O2/c1-15(20(25)22-16-7-9-17(26-2)10-8-16)23-11-13-24(14-12-23)19-6-4-3-5-18(19)21/h3-10,15H,11-14H2,1-2H3,(H,22,25)/p+1/t15-/m0/s1. The van der Waals surface area contributed by atoms with Gasteiger partial charge in [-0.1, -0.05) is 23.7 Å². The van der Waals surface area contributed by atoms with Gasteiger partial charge in [-0.2, -0.15) is 0 Å². The van der Waals surface area contributed by atoms with Gasteiger partial charge in [-0.3, -0.25) is 4.79 Å². The highest BCUT2D eigenvalue weighted by Gasteiger charge is 2.29. The summed E-state index contributed by atoms with van der Waals surface area (Å²) < 4.78 is 5.14. The molecule has 0 aliphatic carbocycles. The second-order valence-corrected chi connectivity index (χ2v) is 6.94. The summed E-state index contributed by atoms with van der Waals surface area (Å²) in [6.07, 6.45) is 0. The number of ether oxygens (including phenoxy) is 1. The largest absolute Gasteiger partial charge is 0.497 e. The van der Waals surface area contributed by atoms with Crippen molar-refractivity contribution in [2.24, 2.45) is 0 Å². The van der Waals surface area contributed by atoms with Crippen LogP contribution in [0.4, 0.5) is 11.4 Å². The van der Waals surface area contributed by atoms with Crippen molar-refractivity contribution in [2.75, 3.05) is 43.5 Å². The zero-order valence-electron chi connectivity index (χ0n) is 15.2. The maximum Gasteiger partial charge on any atom is 0.282 e. The summed E-state index contributed by atoms with van der Waals surface area (Å²) in [6, 6.07) is 15.2. The van der Waals surface area contributed by atoms with Crippen molar-refractivity contribution in [1.29, 1.82) is 0 Å². The van der Waals surface area contributed by atoms with Gasteiger partial charge in [-0.05, 0) is 43.3 Å². The molecule has 0 spiro atoms. The molecule has 26 heavy (non-hydrogen) atoms. The molecule has 6 heteroatoms. The van der Waals surface area contributed by atoms with Gasteiger partial charge in [0.05, 0.1) is 44.0 Å². The molecule has 138 valence electrons. The van der Waals surface area contributed by atoms with Crippen LogP contribution in [0.1, 0.15) is 6.92 Å². The number of rotatable bonds is 5. The normalized spacial score (nSPS) is 16.2. The topological polar surface area (TPSA) is 46.0 Å². The number of amides is 1. The second kappa shape index (κ2) is 8.43. The molecule has 2 aromatic rings. The fourth-order valence-corrected chi connectivity index (χ4v) is 3.54. The maximum absolute atomic E-state index is 12.6. The molecule has 1 aliphatic heterocycles. The predicted molar refractivity (Wildman–Crippen MR) is 105 cm³/mol. The van der Waals surface area contributed by atoms with E-state index in [1.807, 2.05) is 55.5 Å². The van der Waals surface area contributed by atoms with Crippen molar-refractivity contribution >= 4 is 28.9 Å². The molecule has 1 atom stereocenters. The van der Waals surface area contributed by atoms with Gasteiger partial charge in [0.15, 0.2) is 6.04 Å². The number of carbonyl (C=O) groups is 1. The molecule has 1 heterocycles. The molecular formula is C20H25ClN3O2+. The Balaban J connectivity index is 1.54. The lowest BCUT2D eigenvalue weighted by Crippen LogP contribution is -3.19. The molecule has 0 bridgehead atoms. The lowest BCUT2D eigenvalue weighted by Gasteiger charge is -2.36. The van der Waals surface area contributed by atoms with Crippen LogP contribution in [0.2, 0.25) is 5.02 Å². The number of halogens is 1. The van der Waals surface area contributed by atoms with Gasteiger partial charge in [-0.15, -0.1) is 0 Å². The minimum atomic E-state index is -0.106. The van der Waals surface area contributed by atoms with Gasteiger partial charge in [0, 0.05) is 5.69 Å². The number of quaternary nitrogens is 1. The first kappa shape index (κ1) is 18.5. The van der Waals surface area contributed by atoms with Gasteiger partial charge in [0.2, 0.25) is 0 Å². The van der Waals surface area contributed by atoms with E-state index in [1.54, 1.807) is 7.11 Å². The monoisotopic (exact) mass is 374 g/mol. The lowest BCUT2D eigenvalue weighted by atomic mass is 10.2. The van der Waals surface area contributed by atoms with Crippen LogP contribution in [0, 0.1) is 0 Å². The minimum Gasteiger partial charge on any atom is -0.497 e. The average Bonchev–Trinajstić information content (AvgIpc) is 2.68. The molecule has 0 aromatic heterocycles. The summed E-state index contributed by atoms with van der Waals surface area (Å²) in [6.45, 7) is 5.57. The van der Waals surface area contributed by atoms with Crippen molar-refractivity contribution in [2.45, 2.75) is 13.0 Å². The Hall–Kier alpha value is -2.24. The van der Waals surface area contributed by atoms with Crippen LogP contribution < -0.4 is 19.9 Å². The first-order valence-electron chi connectivity index (χ1n) is 8.87. The third kappa shape index (κ3) is 4.29. The van der Waals surface area contributed by atoms with Crippen molar-refractivity contribution in [3.63, 3.8) is 0 Å². The molecule has 3 rings (SSSR count). The van der Waals surface area contributed by atoms with Gasteiger partial charge in [0.25, 0.3) is 5.91 Å². The highest BCUT2D eigenvalue weighted by atomic mass is 35.5. The SMILES string of the molecule is COc1ccc(NC(=O)[C@H](C)[NH+]2CCN(c3ccccc3Cl)CC2)cc1. The molecule has 1 amide bonds. The molecular weight excluding hydrogens is 350 g/mol. The summed E-state index contributed by atoms with van der Waals surface area (Å²) in [5, 5.41) is 3.77. The van der Waals surface area contributed by atoms with E-state index in [9.17, 15) is 4.79 Å². The molecule has 0 radical (unpaired) electrons. The zero-order chi connectivity index (χ0) is 18.5. The number of hydrogen-bond acceptors (Lipinski definition) is 3. The van der Waals surface area contributed by atoms with E-state index in [0.29, 0.717) is 0 Å². The van der Waals surface area contributed by atoms with Gasteiger partial charge in [-0.25, -0.2) is 0 Å². The van der Waals surface area contributed by atoms with Crippen molar-refractivity contribution in [1.82, 2.24) is 0 Å². The summed E-state index contributed by atoms with van der Waals surface area (Å²) >= 11 is 6.30. The summed E-state index contributed by atoms with van der Waals surface area (Å²) in [7, 11) is 1.63. The van der Waals surface area contributed by atoms with Crippen LogP contribution in [-0.4, -0.2) is 45.2 Å². The molecule has 5 nitrogen and oxygen atoms in total. The third-order valence-corrected chi connectivity index (χ3v) is 5.28. The Morgan fingerprint density at radius 2 is 1.81 bits per heavy atom. The van der Waals surface area contributed by atoms with Gasteiger partial charge >= 0.3 is 0 Å². The molecule has 1 aliphatic rings. The van der Waals surface area contributed by atoms with Crippen LogP contribution in [0.3, 0.4) is 0 Å². The van der Waals surface area contributed by atoms with E-state index in [2.05, 4.69) is 10.2 Å². The lowest BCUT2D eigenvalue weighted by molar-refractivity contribution is -0.914. The number of piperazine rings is 1. The van der Waals surface area contributed by atoms with Crippen molar-refractivity contribution < 1.29 is 14.4 Å². The Morgan fingerprint density at radius 1 is 1.15 bits per heavy atom. The number of nitrogens with zero attached hydrogens (tertiary/aromatic N) is 1. The Morgan fingerprint density at radius 3 is 2.42 bits per heavy atom. The number of benzene rings is 2. The van der Waals surface area contributed by atoms with Crippen LogP contribution >= 0.6 is 11.6 Å². The highest BCUT2D eigenvalue weighted by Crippen LogP contribution is 2.24. The first-order valence-corrected chi connectivity index (χ1v) is 9.25. The fourth-order valence-electron chi connectivity index (χ4n) is 3.29. The minimum absolute atomic E-state index is 0.0383. The summed E-state index contributed by atoms with van der Waals surface area (Å²) in [5.41, 5.74) is 1.86.